The van der Waals surface area contributed by atoms with Gasteiger partial charge in [-0.2, -0.15) is 0 Å². The van der Waals surface area contributed by atoms with E-state index in [1.54, 1.807) is 4.31 Å². The van der Waals surface area contributed by atoms with Crippen LogP contribution < -0.4 is 5.32 Å². The number of rotatable bonds is 10. The number of piperidine rings is 1. The van der Waals surface area contributed by atoms with Gasteiger partial charge in [0.1, 0.15) is 0 Å². The second-order valence-corrected chi connectivity index (χ2v) is 11.3. The summed E-state index contributed by atoms with van der Waals surface area (Å²) in [7, 11) is -3.28. The average molecular weight is 457 g/mol. The molecule has 0 unspecified atom stereocenters. The molecule has 1 heterocycles. The van der Waals surface area contributed by atoms with E-state index in [-0.39, 0.29) is 23.6 Å². The maximum absolute atomic E-state index is 13.0. The molecule has 1 aliphatic heterocycles. The normalized spacial score (nSPS) is 16.7. The lowest BCUT2D eigenvalue weighted by Crippen LogP contribution is -2.44. The summed E-state index contributed by atoms with van der Waals surface area (Å²) in [5.74, 6) is 0.525. The number of sulfonamides is 1. The summed E-state index contributed by atoms with van der Waals surface area (Å²) < 4.78 is 27.1. The largest absolute Gasteiger partial charge is 0.349 e. The van der Waals surface area contributed by atoms with E-state index >= 15 is 0 Å². The number of aryl methyl sites for hydroxylation is 1. The molecule has 32 heavy (non-hydrogen) atoms. The molecule has 0 bridgehead atoms. The first-order valence-corrected chi connectivity index (χ1v) is 13.3. The van der Waals surface area contributed by atoms with Crippen LogP contribution in [0, 0.1) is 11.8 Å². The molecule has 1 amide bonds. The third kappa shape index (κ3) is 7.17. The zero-order chi connectivity index (χ0) is 23.0. The van der Waals surface area contributed by atoms with Crippen LogP contribution in [0.4, 0.5) is 0 Å². The fourth-order valence-corrected chi connectivity index (χ4v) is 5.89. The van der Waals surface area contributed by atoms with Gasteiger partial charge in [0.2, 0.25) is 15.9 Å². The Kier molecular flexibility index (Phi) is 8.88. The summed E-state index contributed by atoms with van der Waals surface area (Å²) in [5, 5.41) is 3.23. The van der Waals surface area contributed by atoms with Crippen LogP contribution in [-0.4, -0.2) is 37.5 Å². The van der Waals surface area contributed by atoms with Crippen molar-refractivity contribution in [3.05, 3.63) is 71.8 Å². The summed E-state index contributed by atoms with van der Waals surface area (Å²) in [6.07, 6.45) is 3.40. The molecule has 3 rings (SSSR count). The first kappa shape index (κ1) is 24.5. The van der Waals surface area contributed by atoms with E-state index in [1.165, 1.54) is 0 Å². The lowest BCUT2D eigenvalue weighted by Gasteiger charge is -2.32. The highest BCUT2D eigenvalue weighted by atomic mass is 32.2. The van der Waals surface area contributed by atoms with E-state index in [1.807, 2.05) is 48.5 Å². The third-order valence-corrected chi connectivity index (χ3v) is 8.11. The van der Waals surface area contributed by atoms with Gasteiger partial charge in [-0.15, -0.1) is 0 Å². The Balaban J connectivity index is 1.49. The van der Waals surface area contributed by atoms with Crippen LogP contribution >= 0.6 is 0 Å². The maximum Gasteiger partial charge on any atom is 0.223 e. The van der Waals surface area contributed by atoms with Crippen LogP contribution in [0.3, 0.4) is 0 Å². The molecule has 1 saturated heterocycles. The van der Waals surface area contributed by atoms with Gasteiger partial charge in [-0.1, -0.05) is 74.5 Å². The SMILES string of the molecule is CC(C)C[C@@H](NC(=O)C1CCN(S(=O)(=O)CCCc2ccccc2)CC1)c1ccccc1. The molecule has 0 aliphatic carbocycles. The average Bonchev–Trinajstić information content (AvgIpc) is 2.79. The Morgan fingerprint density at radius 2 is 1.59 bits per heavy atom. The van der Waals surface area contributed by atoms with Crippen molar-refractivity contribution in [2.45, 2.75) is 52.0 Å². The molecule has 1 fully saturated rings. The van der Waals surface area contributed by atoms with E-state index < -0.39 is 10.0 Å². The highest BCUT2D eigenvalue weighted by molar-refractivity contribution is 7.89. The monoisotopic (exact) mass is 456 g/mol. The van der Waals surface area contributed by atoms with Crippen molar-refractivity contribution >= 4 is 15.9 Å². The quantitative estimate of drug-likeness (QED) is 0.570. The first-order valence-electron chi connectivity index (χ1n) is 11.7. The lowest BCUT2D eigenvalue weighted by atomic mass is 9.93. The molecule has 1 atom stereocenters. The number of amides is 1. The molecule has 6 heteroatoms. The Labute approximate surface area is 193 Å². The Bertz CT molecular complexity index is 938. The minimum atomic E-state index is -3.28. The van der Waals surface area contributed by atoms with Crippen molar-refractivity contribution in [3.8, 4) is 0 Å². The Hall–Kier alpha value is -2.18. The molecule has 174 valence electrons. The van der Waals surface area contributed by atoms with Crippen molar-refractivity contribution in [2.24, 2.45) is 11.8 Å². The zero-order valence-electron chi connectivity index (χ0n) is 19.2. The van der Waals surface area contributed by atoms with Crippen LogP contribution in [0.15, 0.2) is 60.7 Å². The van der Waals surface area contributed by atoms with E-state index in [9.17, 15) is 13.2 Å². The molecular formula is C26H36N2O3S. The molecule has 1 aliphatic rings. The van der Waals surface area contributed by atoms with E-state index in [2.05, 4.69) is 31.3 Å². The minimum Gasteiger partial charge on any atom is -0.349 e. The molecule has 0 spiro atoms. The minimum absolute atomic E-state index is 0.0107. The van der Waals surface area contributed by atoms with Crippen molar-refractivity contribution in [1.82, 2.24) is 9.62 Å². The van der Waals surface area contributed by atoms with Gasteiger partial charge in [0.05, 0.1) is 11.8 Å². The van der Waals surface area contributed by atoms with Crippen LogP contribution in [0.2, 0.25) is 0 Å². The summed E-state index contributed by atoms with van der Waals surface area (Å²) in [6, 6.07) is 20.0. The summed E-state index contributed by atoms with van der Waals surface area (Å²) >= 11 is 0. The van der Waals surface area contributed by atoms with E-state index in [0.29, 0.717) is 38.3 Å². The number of hydrogen-bond donors (Lipinski definition) is 1. The zero-order valence-corrected chi connectivity index (χ0v) is 20.1. The number of carbonyl (C=O) groups is 1. The highest BCUT2D eigenvalue weighted by Gasteiger charge is 2.31. The van der Waals surface area contributed by atoms with Gasteiger partial charge in [-0.05, 0) is 49.1 Å². The maximum atomic E-state index is 13.0. The molecule has 0 aromatic heterocycles. The molecule has 5 nitrogen and oxygen atoms in total. The van der Waals surface area contributed by atoms with Crippen LogP contribution in [0.1, 0.15) is 56.7 Å². The molecular weight excluding hydrogens is 420 g/mol. The van der Waals surface area contributed by atoms with Crippen molar-refractivity contribution < 1.29 is 13.2 Å². The van der Waals surface area contributed by atoms with E-state index in [0.717, 1.165) is 24.0 Å². The summed E-state index contributed by atoms with van der Waals surface area (Å²) in [6.45, 7) is 5.16. The second kappa shape index (κ2) is 11.6. The van der Waals surface area contributed by atoms with Gasteiger partial charge >= 0.3 is 0 Å². The molecule has 0 saturated carbocycles. The van der Waals surface area contributed by atoms with Crippen LogP contribution in [0.5, 0.6) is 0 Å². The standard InChI is InChI=1S/C26H36N2O3S/c1-21(2)20-25(23-13-7-4-8-14-23)27-26(29)24-15-17-28(18-16-24)32(30,31)19-9-12-22-10-5-3-6-11-22/h3-8,10-11,13-14,21,24-25H,9,12,15-20H2,1-2H3,(H,27,29)/t25-/m1/s1. The number of nitrogens with zero attached hydrogens (tertiary/aromatic N) is 1. The van der Waals surface area contributed by atoms with Gasteiger partial charge in [-0.3, -0.25) is 4.79 Å². The second-order valence-electron chi connectivity index (χ2n) is 9.18. The van der Waals surface area contributed by atoms with Gasteiger partial charge in [0, 0.05) is 19.0 Å². The topological polar surface area (TPSA) is 66.5 Å². The predicted octanol–water partition coefficient (Wildman–Crippen LogP) is 4.56. The van der Waals surface area contributed by atoms with Crippen molar-refractivity contribution in [3.63, 3.8) is 0 Å². The van der Waals surface area contributed by atoms with Gasteiger partial charge in [0.25, 0.3) is 0 Å². The predicted molar refractivity (Wildman–Crippen MR) is 130 cm³/mol. The van der Waals surface area contributed by atoms with E-state index in [4.69, 9.17) is 0 Å². The van der Waals surface area contributed by atoms with Gasteiger partial charge in [0.15, 0.2) is 0 Å². The summed E-state index contributed by atoms with van der Waals surface area (Å²) in [5.41, 5.74) is 2.28. The van der Waals surface area contributed by atoms with Gasteiger partial charge in [-0.25, -0.2) is 12.7 Å². The first-order chi connectivity index (χ1) is 15.3. The number of hydrogen-bond acceptors (Lipinski definition) is 3. The van der Waals surface area contributed by atoms with Crippen LogP contribution in [0.25, 0.3) is 0 Å². The van der Waals surface area contributed by atoms with Crippen molar-refractivity contribution in [2.75, 3.05) is 18.8 Å². The third-order valence-electron chi connectivity index (χ3n) is 6.15. The Morgan fingerprint density at radius 3 is 2.19 bits per heavy atom. The van der Waals surface area contributed by atoms with Gasteiger partial charge < -0.3 is 5.32 Å². The molecule has 2 aromatic carbocycles. The molecule has 1 N–H and O–H groups in total. The molecule has 0 radical (unpaired) electrons. The Morgan fingerprint density at radius 1 is 1.00 bits per heavy atom. The number of carbonyl (C=O) groups excluding carboxylic acids is 1. The smallest absolute Gasteiger partial charge is 0.223 e. The fraction of sp³-hybridized carbons (Fsp3) is 0.500. The van der Waals surface area contributed by atoms with Crippen LogP contribution in [-0.2, 0) is 21.2 Å². The lowest BCUT2D eigenvalue weighted by molar-refractivity contribution is -0.127. The fourth-order valence-electron chi connectivity index (χ4n) is 4.35. The van der Waals surface area contributed by atoms with Crippen molar-refractivity contribution in [1.29, 1.82) is 0 Å². The number of nitrogens with one attached hydrogen (secondary N) is 1. The summed E-state index contributed by atoms with van der Waals surface area (Å²) in [4.78, 5) is 13.0. The number of benzene rings is 2. The molecule has 2 aromatic rings. The highest BCUT2D eigenvalue weighted by Crippen LogP contribution is 2.25.